The number of hydrogen-bond donors (Lipinski definition) is 2. The van der Waals surface area contributed by atoms with E-state index < -0.39 is 10.0 Å². The van der Waals surface area contributed by atoms with Crippen LogP contribution in [0.5, 0.6) is 0 Å². The van der Waals surface area contributed by atoms with Gasteiger partial charge in [-0.2, -0.15) is 0 Å². The molecule has 0 aliphatic heterocycles. The van der Waals surface area contributed by atoms with Crippen molar-refractivity contribution in [2.24, 2.45) is 0 Å². The Morgan fingerprint density at radius 3 is 2.52 bits per heavy atom. The van der Waals surface area contributed by atoms with Crippen LogP contribution in [-0.2, 0) is 16.6 Å². The summed E-state index contributed by atoms with van der Waals surface area (Å²) < 4.78 is 28.2. The highest BCUT2D eigenvalue weighted by Crippen LogP contribution is 2.26. The van der Waals surface area contributed by atoms with Crippen molar-refractivity contribution in [2.75, 3.05) is 13.6 Å². The zero-order valence-corrected chi connectivity index (χ0v) is 18.0. The smallest absolute Gasteiger partial charge is 0.251 e. The van der Waals surface area contributed by atoms with E-state index in [4.69, 9.17) is 0 Å². The molecule has 7 heteroatoms. The summed E-state index contributed by atoms with van der Waals surface area (Å²) >= 11 is 0. The first-order chi connectivity index (χ1) is 13.8. The van der Waals surface area contributed by atoms with Gasteiger partial charge in [0, 0.05) is 30.7 Å². The zero-order chi connectivity index (χ0) is 21.0. The maximum atomic E-state index is 12.8. The summed E-state index contributed by atoms with van der Waals surface area (Å²) in [4.78, 5) is 15.0. The van der Waals surface area contributed by atoms with Gasteiger partial charge in [-0.25, -0.2) is 13.1 Å². The third-order valence-electron chi connectivity index (χ3n) is 5.43. The number of nitrogens with zero attached hydrogens (tertiary/aromatic N) is 1. The van der Waals surface area contributed by atoms with Gasteiger partial charge in [0.2, 0.25) is 10.0 Å². The third kappa shape index (κ3) is 5.65. The molecule has 156 valence electrons. The molecular weight excluding hydrogens is 386 g/mol. The number of carbonyl (C=O) groups is 1. The summed E-state index contributed by atoms with van der Waals surface area (Å²) in [6.07, 6.45) is 2.42. The van der Waals surface area contributed by atoms with E-state index in [2.05, 4.69) is 28.9 Å². The molecule has 0 radical (unpaired) electrons. The molecule has 1 saturated carbocycles. The first-order valence-corrected chi connectivity index (χ1v) is 11.4. The van der Waals surface area contributed by atoms with Crippen LogP contribution in [0.4, 0.5) is 0 Å². The van der Waals surface area contributed by atoms with E-state index in [1.807, 2.05) is 30.3 Å². The van der Waals surface area contributed by atoms with E-state index >= 15 is 0 Å². The number of amides is 1. The van der Waals surface area contributed by atoms with Gasteiger partial charge in [-0.05, 0) is 57.0 Å². The molecule has 2 N–H and O–H groups in total. The van der Waals surface area contributed by atoms with E-state index in [0.717, 1.165) is 5.56 Å². The second kappa shape index (κ2) is 9.07. The van der Waals surface area contributed by atoms with Gasteiger partial charge in [0.25, 0.3) is 5.91 Å². The van der Waals surface area contributed by atoms with Crippen molar-refractivity contribution in [1.82, 2.24) is 14.9 Å². The summed E-state index contributed by atoms with van der Waals surface area (Å²) in [6, 6.07) is 15.0. The first-order valence-electron chi connectivity index (χ1n) is 9.92. The summed E-state index contributed by atoms with van der Waals surface area (Å²) in [7, 11) is -1.66. The Kier molecular flexibility index (Phi) is 6.72. The molecule has 2 aromatic rings. The van der Waals surface area contributed by atoms with Crippen LogP contribution in [0.1, 0.15) is 41.3 Å². The molecule has 1 amide bonds. The lowest BCUT2D eigenvalue weighted by Crippen LogP contribution is -2.41. The van der Waals surface area contributed by atoms with E-state index in [9.17, 15) is 13.2 Å². The fraction of sp³-hybridized carbons (Fsp3) is 0.409. The molecule has 0 bridgehead atoms. The zero-order valence-electron chi connectivity index (χ0n) is 17.2. The molecule has 1 atom stereocenters. The Hall–Kier alpha value is -2.22. The molecule has 29 heavy (non-hydrogen) atoms. The fourth-order valence-corrected chi connectivity index (χ4v) is 4.50. The van der Waals surface area contributed by atoms with Gasteiger partial charge in [0.15, 0.2) is 0 Å². The molecule has 1 aliphatic carbocycles. The van der Waals surface area contributed by atoms with Crippen LogP contribution in [0.2, 0.25) is 0 Å². The molecule has 6 nitrogen and oxygen atoms in total. The average Bonchev–Trinajstić information content (AvgIpc) is 3.56. The van der Waals surface area contributed by atoms with Gasteiger partial charge in [0.1, 0.15) is 0 Å². The van der Waals surface area contributed by atoms with Crippen LogP contribution in [0.3, 0.4) is 0 Å². The Balaban J connectivity index is 1.67. The van der Waals surface area contributed by atoms with E-state index in [1.165, 1.54) is 18.9 Å². The lowest BCUT2D eigenvalue weighted by Gasteiger charge is -2.24. The average molecular weight is 416 g/mol. The van der Waals surface area contributed by atoms with Crippen LogP contribution in [0.15, 0.2) is 53.4 Å². The predicted molar refractivity (Wildman–Crippen MR) is 114 cm³/mol. The van der Waals surface area contributed by atoms with Crippen LogP contribution >= 0.6 is 0 Å². The molecule has 0 aromatic heterocycles. The number of rotatable bonds is 9. The normalized spacial score (nSPS) is 15.3. The Morgan fingerprint density at radius 1 is 1.17 bits per heavy atom. The second-order valence-electron chi connectivity index (χ2n) is 7.75. The van der Waals surface area contributed by atoms with Gasteiger partial charge in [-0.3, -0.25) is 9.69 Å². The largest absolute Gasteiger partial charge is 0.350 e. The topological polar surface area (TPSA) is 78.5 Å². The highest BCUT2D eigenvalue weighted by Gasteiger charge is 2.29. The number of benzene rings is 2. The second-order valence-corrected chi connectivity index (χ2v) is 9.48. The van der Waals surface area contributed by atoms with Gasteiger partial charge in [-0.15, -0.1) is 0 Å². The van der Waals surface area contributed by atoms with Crippen molar-refractivity contribution in [3.05, 3.63) is 65.2 Å². The summed E-state index contributed by atoms with van der Waals surface area (Å²) in [5.74, 6) is -0.263. The molecule has 0 spiro atoms. The Labute approximate surface area is 173 Å². The number of likely N-dealkylation sites (N-methyl/N-ethyl adjacent to an activating group) is 1. The minimum absolute atomic E-state index is 0.129. The van der Waals surface area contributed by atoms with Gasteiger partial charge in [0.05, 0.1) is 4.90 Å². The molecule has 0 saturated heterocycles. The van der Waals surface area contributed by atoms with Crippen molar-refractivity contribution in [3.63, 3.8) is 0 Å². The minimum Gasteiger partial charge on any atom is -0.350 e. The van der Waals surface area contributed by atoms with Crippen molar-refractivity contribution in [2.45, 2.75) is 50.2 Å². The maximum absolute atomic E-state index is 12.8. The summed E-state index contributed by atoms with van der Waals surface area (Å²) in [5, 5.41) is 2.92. The van der Waals surface area contributed by atoms with Crippen LogP contribution < -0.4 is 10.0 Å². The van der Waals surface area contributed by atoms with Crippen molar-refractivity contribution >= 4 is 15.9 Å². The number of sulfonamides is 1. The molecular formula is C22H29N3O3S. The van der Waals surface area contributed by atoms with Crippen LogP contribution in [0, 0.1) is 6.92 Å². The van der Waals surface area contributed by atoms with E-state index in [-0.39, 0.29) is 23.4 Å². The van der Waals surface area contributed by atoms with Gasteiger partial charge in [-0.1, -0.05) is 36.4 Å². The monoisotopic (exact) mass is 415 g/mol. The van der Waals surface area contributed by atoms with Crippen LogP contribution in [-0.4, -0.2) is 44.9 Å². The third-order valence-corrected chi connectivity index (χ3v) is 6.97. The highest BCUT2D eigenvalue weighted by atomic mass is 32.2. The molecule has 3 rings (SSSR count). The molecule has 1 aliphatic rings. The van der Waals surface area contributed by atoms with E-state index in [0.29, 0.717) is 23.7 Å². The predicted octanol–water partition coefficient (Wildman–Crippen LogP) is 2.69. The lowest BCUT2D eigenvalue weighted by molar-refractivity contribution is 0.0939. The highest BCUT2D eigenvalue weighted by molar-refractivity contribution is 7.89. The Morgan fingerprint density at radius 2 is 1.86 bits per heavy atom. The molecule has 2 aromatic carbocycles. The number of aryl methyl sites for hydroxylation is 1. The van der Waals surface area contributed by atoms with Gasteiger partial charge >= 0.3 is 0 Å². The summed E-state index contributed by atoms with van der Waals surface area (Å²) in [5.41, 5.74) is 1.82. The summed E-state index contributed by atoms with van der Waals surface area (Å²) in [6.45, 7) is 4.53. The molecule has 1 unspecified atom stereocenters. The first kappa shape index (κ1) is 21.5. The number of nitrogens with one attached hydrogen (secondary N) is 2. The molecule has 1 fully saturated rings. The quantitative estimate of drug-likeness (QED) is 0.660. The SMILES string of the molecule is Cc1ccc(C(=O)NCC(C)N(C)C2CC2)cc1S(=O)(=O)NCc1ccccc1. The van der Waals surface area contributed by atoms with Crippen LogP contribution in [0.25, 0.3) is 0 Å². The van der Waals surface area contributed by atoms with Gasteiger partial charge < -0.3 is 5.32 Å². The lowest BCUT2D eigenvalue weighted by atomic mass is 10.1. The Bertz CT molecular complexity index is 957. The molecule has 0 heterocycles. The fourth-order valence-electron chi connectivity index (χ4n) is 3.21. The number of carbonyl (C=O) groups excluding carboxylic acids is 1. The maximum Gasteiger partial charge on any atom is 0.251 e. The minimum atomic E-state index is -3.73. The van der Waals surface area contributed by atoms with Crippen molar-refractivity contribution < 1.29 is 13.2 Å². The van der Waals surface area contributed by atoms with Crippen molar-refractivity contribution in [3.8, 4) is 0 Å². The standard InChI is InChI=1S/C22H29N3O3S/c1-16-9-10-19(22(26)23-14-17(2)25(3)20-11-12-20)13-21(16)29(27,28)24-15-18-7-5-4-6-8-18/h4-10,13,17,20,24H,11-12,14-15H2,1-3H3,(H,23,26). The van der Waals surface area contributed by atoms with E-state index in [1.54, 1.807) is 19.1 Å². The number of hydrogen-bond acceptors (Lipinski definition) is 4. The van der Waals surface area contributed by atoms with Crippen molar-refractivity contribution in [1.29, 1.82) is 0 Å².